The maximum Gasteiger partial charge on any atom is 0.124 e. The van der Waals surface area contributed by atoms with Crippen LogP contribution in [-0.4, -0.2) is 46.5 Å². The van der Waals surface area contributed by atoms with Gasteiger partial charge in [-0.3, -0.25) is 4.90 Å². The Bertz CT molecular complexity index is 366. The molecule has 1 fully saturated rings. The zero-order valence-corrected chi connectivity index (χ0v) is 12.4. The number of nitrogens with zero attached hydrogens (tertiary/aromatic N) is 2. The summed E-state index contributed by atoms with van der Waals surface area (Å²) in [6.45, 7) is 6.57. The van der Waals surface area contributed by atoms with E-state index in [9.17, 15) is 0 Å². The summed E-state index contributed by atoms with van der Waals surface area (Å²) < 4.78 is 0. The van der Waals surface area contributed by atoms with Crippen LogP contribution in [0.5, 0.6) is 0 Å². The molecule has 2 atom stereocenters. The molecule has 2 rings (SSSR count). The smallest absolute Gasteiger partial charge is 0.124 e. The highest BCUT2D eigenvalue weighted by Crippen LogP contribution is 2.26. The third-order valence-electron chi connectivity index (χ3n) is 3.49. The van der Waals surface area contributed by atoms with Gasteiger partial charge in [0.1, 0.15) is 5.82 Å². The Morgan fingerprint density at radius 2 is 2.50 bits per heavy atom. The SMILES string of the molecule is CCCNC(C)c1cnc(C2CSCCN2C)[nH]1. The van der Waals surface area contributed by atoms with Gasteiger partial charge in [0.25, 0.3) is 0 Å². The van der Waals surface area contributed by atoms with E-state index in [1.165, 1.54) is 11.4 Å². The van der Waals surface area contributed by atoms with E-state index in [0.29, 0.717) is 12.1 Å². The summed E-state index contributed by atoms with van der Waals surface area (Å²) in [5.41, 5.74) is 1.20. The molecule has 2 heterocycles. The molecular formula is C13H24N4S. The van der Waals surface area contributed by atoms with Gasteiger partial charge >= 0.3 is 0 Å². The van der Waals surface area contributed by atoms with Crippen LogP contribution in [0.15, 0.2) is 6.20 Å². The molecule has 1 aromatic rings. The highest BCUT2D eigenvalue weighted by molar-refractivity contribution is 7.99. The van der Waals surface area contributed by atoms with Crippen LogP contribution in [-0.2, 0) is 0 Å². The second-order valence-corrected chi connectivity index (χ2v) is 6.12. The van der Waals surface area contributed by atoms with Crippen LogP contribution < -0.4 is 5.32 Å². The van der Waals surface area contributed by atoms with Gasteiger partial charge in [-0.05, 0) is 26.9 Å². The lowest BCUT2D eigenvalue weighted by Gasteiger charge is -2.30. The minimum atomic E-state index is 0.354. The van der Waals surface area contributed by atoms with Gasteiger partial charge in [0.05, 0.1) is 11.7 Å². The van der Waals surface area contributed by atoms with Gasteiger partial charge in [0.15, 0.2) is 0 Å². The van der Waals surface area contributed by atoms with Crippen molar-refractivity contribution in [2.24, 2.45) is 0 Å². The summed E-state index contributed by atoms with van der Waals surface area (Å²) in [4.78, 5) is 10.5. The molecule has 0 saturated carbocycles. The van der Waals surface area contributed by atoms with E-state index < -0.39 is 0 Å². The first-order chi connectivity index (χ1) is 8.72. The third kappa shape index (κ3) is 3.28. The number of aromatic nitrogens is 2. The van der Waals surface area contributed by atoms with Crippen molar-refractivity contribution in [3.05, 3.63) is 17.7 Å². The molecule has 102 valence electrons. The van der Waals surface area contributed by atoms with Crippen LogP contribution >= 0.6 is 11.8 Å². The molecule has 1 aliphatic rings. The minimum Gasteiger partial charge on any atom is -0.343 e. The number of hydrogen-bond donors (Lipinski definition) is 2. The lowest BCUT2D eigenvalue weighted by molar-refractivity contribution is 0.265. The Hall–Kier alpha value is -0.520. The molecule has 2 N–H and O–H groups in total. The molecule has 4 nitrogen and oxygen atoms in total. The van der Waals surface area contributed by atoms with Crippen molar-refractivity contribution in [2.75, 3.05) is 31.6 Å². The van der Waals surface area contributed by atoms with Gasteiger partial charge in [0, 0.05) is 30.3 Å². The van der Waals surface area contributed by atoms with Crippen LogP contribution in [0.2, 0.25) is 0 Å². The Kier molecular flexibility index (Phi) is 5.09. The Labute approximate surface area is 114 Å². The molecule has 0 spiro atoms. The molecule has 0 amide bonds. The molecule has 0 bridgehead atoms. The van der Waals surface area contributed by atoms with Crippen molar-refractivity contribution in [1.82, 2.24) is 20.2 Å². The number of rotatable bonds is 5. The van der Waals surface area contributed by atoms with Crippen molar-refractivity contribution >= 4 is 11.8 Å². The lowest BCUT2D eigenvalue weighted by Crippen LogP contribution is -2.33. The van der Waals surface area contributed by atoms with Crippen LogP contribution in [0.1, 0.15) is 43.9 Å². The van der Waals surface area contributed by atoms with Crippen LogP contribution in [0.25, 0.3) is 0 Å². The maximum absolute atomic E-state index is 4.57. The van der Waals surface area contributed by atoms with Crippen molar-refractivity contribution in [3.8, 4) is 0 Å². The Morgan fingerprint density at radius 3 is 3.22 bits per heavy atom. The van der Waals surface area contributed by atoms with E-state index in [4.69, 9.17) is 0 Å². The van der Waals surface area contributed by atoms with Gasteiger partial charge in [-0.15, -0.1) is 0 Å². The zero-order chi connectivity index (χ0) is 13.0. The van der Waals surface area contributed by atoms with Crippen LogP contribution in [0.4, 0.5) is 0 Å². The molecule has 0 aliphatic carbocycles. The second-order valence-electron chi connectivity index (χ2n) is 4.97. The van der Waals surface area contributed by atoms with E-state index in [1.807, 2.05) is 18.0 Å². The fraction of sp³-hybridized carbons (Fsp3) is 0.769. The molecule has 1 aliphatic heterocycles. The summed E-state index contributed by atoms with van der Waals surface area (Å²) in [6, 6.07) is 0.795. The largest absolute Gasteiger partial charge is 0.343 e. The van der Waals surface area contributed by atoms with Crippen molar-refractivity contribution in [1.29, 1.82) is 0 Å². The molecule has 2 unspecified atom stereocenters. The van der Waals surface area contributed by atoms with E-state index in [2.05, 4.69) is 41.1 Å². The normalized spacial score (nSPS) is 23.2. The maximum atomic E-state index is 4.57. The number of H-pyrrole nitrogens is 1. The number of thioether (sulfide) groups is 1. The molecule has 1 aromatic heterocycles. The molecule has 1 saturated heterocycles. The molecule has 18 heavy (non-hydrogen) atoms. The summed E-state index contributed by atoms with van der Waals surface area (Å²) >= 11 is 2.02. The Morgan fingerprint density at radius 1 is 1.67 bits per heavy atom. The number of imidazole rings is 1. The van der Waals surface area contributed by atoms with Crippen LogP contribution in [0.3, 0.4) is 0 Å². The van der Waals surface area contributed by atoms with Gasteiger partial charge in [-0.2, -0.15) is 11.8 Å². The van der Waals surface area contributed by atoms with Crippen molar-refractivity contribution in [2.45, 2.75) is 32.4 Å². The number of nitrogens with one attached hydrogen (secondary N) is 2. The highest BCUT2D eigenvalue weighted by atomic mass is 32.2. The molecule has 0 aromatic carbocycles. The molecule has 5 heteroatoms. The van der Waals surface area contributed by atoms with E-state index >= 15 is 0 Å². The predicted octanol–water partition coefficient (Wildman–Crippen LogP) is 2.19. The van der Waals surface area contributed by atoms with Crippen molar-refractivity contribution in [3.63, 3.8) is 0 Å². The standard InChI is InChI=1S/C13H24N4S/c1-4-5-14-10(2)11-8-15-13(16-11)12-9-18-7-6-17(12)3/h8,10,12,14H,4-7,9H2,1-3H3,(H,15,16). The summed E-state index contributed by atoms with van der Waals surface area (Å²) in [5, 5.41) is 3.49. The Balaban J connectivity index is 2.00. The fourth-order valence-electron chi connectivity index (χ4n) is 2.19. The fourth-order valence-corrected chi connectivity index (χ4v) is 3.41. The lowest BCUT2D eigenvalue weighted by atomic mass is 10.2. The molecular weight excluding hydrogens is 244 g/mol. The predicted molar refractivity (Wildman–Crippen MR) is 78.0 cm³/mol. The van der Waals surface area contributed by atoms with Gasteiger partial charge in [-0.25, -0.2) is 4.98 Å². The van der Waals surface area contributed by atoms with Crippen molar-refractivity contribution < 1.29 is 0 Å². The third-order valence-corrected chi connectivity index (χ3v) is 4.52. The average molecular weight is 268 g/mol. The first kappa shape index (κ1) is 13.9. The minimum absolute atomic E-state index is 0.354. The first-order valence-corrected chi connectivity index (χ1v) is 7.94. The number of hydrogen-bond acceptors (Lipinski definition) is 4. The van der Waals surface area contributed by atoms with E-state index in [0.717, 1.165) is 31.1 Å². The zero-order valence-electron chi connectivity index (χ0n) is 11.6. The van der Waals surface area contributed by atoms with Gasteiger partial charge in [0.2, 0.25) is 0 Å². The van der Waals surface area contributed by atoms with Crippen LogP contribution in [0, 0.1) is 0 Å². The highest BCUT2D eigenvalue weighted by Gasteiger charge is 2.24. The first-order valence-electron chi connectivity index (χ1n) is 6.78. The molecule has 0 radical (unpaired) electrons. The van der Waals surface area contributed by atoms with E-state index in [1.54, 1.807) is 0 Å². The van der Waals surface area contributed by atoms with E-state index in [-0.39, 0.29) is 0 Å². The summed E-state index contributed by atoms with van der Waals surface area (Å²) in [5.74, 6) is 3.49. The second kappa shape index (κ2) is 6.59. The average Bonchev–Trinajstić information content (AvgIpc) is 2.86. The monoisotopic (exact) mass is 268 g/mol. The van der Waals surface area contributed by atoms with Gasteiger partial charge in [-0.1, -0.05) is 6.92 Å². The number of aromatic amines is 1. The quantitative estimate of drug-likeness (QED) is 0.859. The topological polar surface area (TPSA) is 44.0 Å². The summed E-state index contributed by atoms with van der Waals surface area (Å²) in [7, 11) is 2.19. The van der Waals surface area contributed by atoms with Gasteiger partial charge < -0.3 is 10.3 Å². The summed E-state index contributed by atoms with van der Waals surface area (Å²) in [6.07, 6.45) is 3.14.